The second kappa shape index (κ2) is 5.95. The van der Waals surface area contributed by atoms with Gasteiger partial charge in [0.15, 0.2) is 18.5 Å². The molecule has 0 aromatic rings. The number of ether oxygens (including phenoxy) is 4. The summed E-state index contributed by atoms with van der Waals surface area (Å²) in [6, 6.07) is 0. The van der Waals surface area contributed by atoms with Crippen LogP contribution in [0.4, 0.5) is 0 Å². The highest BCUT2D eigenvalue weighted by Crippen LogP contribution is 2.27. The molecule has 0 spiro atoms. The quantitative estimate of drug-likeness (QED) is 0.652. The van der Waals surface area contributed by atoms with Crippen molar-refractivity contribution in [1.82, 2.24) is 0 Å². The van der Waals surface area contributed by atoms with E-state index in [1.165, 1.54) is 21.0 Å². The molecular formula is C10H16O7. The molecule has 0 radical (unpaired) electrons. The molecule has 1 aliphatic heterocycles. The molecule has 1 saturated heterocycles. The molecule has 1 heterocycles. The maximum Gasteiger partial charge on any atom is 0.303 e. The van der Waals surface area contributed by atoms with Gasteiger partial charge in [-0.05, 0) is 0 Å². The van der Waals surface area contributed by atoms with Crippen molar-refractivity contribution >= 4 is 11.9 Å². The van der Waals surface area contributed by atoms with Crippen molar-refractivity contribution in [3.05, 3.63) is 0 Å². The van der Waals surface area contributed by atoms with Gasteiger partial charge in [0.2, 0.25) is 0 Å². The maximum atomic E-state index is 11.0. The lowest BCUT2D eigenvalue weighted by molar-refractivity contribution is -0.181. The minimum absolute atomic E-state index is 0.366. The van der Waals surface area contributed by atoms with E-state index in [1.54, 1.807) is 0 Å². The zero-order valence-electron chi connectivity index (χ0n) is 9.91. The van der Waals surface area contributed by atoms with Gasteiger partial charge in [-0.15, -0.1) is 0 Å². The van der Waals surface area contributed by atoms with E-state index in [9.17, 15) is 9.59 Å². The summed E-state index contributed by atoms with van der Waals surface area (Å²) in [6.45, 7) is 2.08. The summed E-state index contributed by atoms with van der Waals surface area (Å²) < 4.78 is 20.2. The molecule has 4 atom stereocenters. The second-order valence-electron chi connectivity index (χ2n) is 3.61. The Kier molecular flexibility index (Phi) is 4.86. The largest absolute Gasteiger partial charge is 0.455 e. The van der Waals surface area contributed by atoms with Gasteiger partial charge in [-0.2, -0.15) is 0 Å². The highest BCUT2D eigenvalue weighted by molar-refractivity contribution is 5.67. The lowest BCUT2D eigenvalue weighted by atomic mass is 10.1. The molecule has 0 aromatic heterocycles. The zero-order valence-corrected chi connectivity index (χ0v) is 9.91. The number of aliphatic hydroxyl groups excluding tert-OH is 1. The van der Waals surface area contributed by atoms with Crippen molar-refractivity contribution < 1.29 is 33.6 Å². The molecule has 98 valence electrons. The van der Waals surface area contributed by atoms with Crippen LogP contribution < -0.4 is 0 Å². The number of aliphatic hydroxyl groups is 1. The Labute approximate surface area is 98.6 Å². The number of rotatable bonds is 4. The smallest absolute Gasteiger partial charge is 0.303 e. The summed E-state index contributed by atoms with van der Waals surface area (Å²) in [6.07, 6.45) is -3.38. The van der Waals surface area contributed by atoms with Crippen LogP contribution in [0.5, 0.6) is 0 Å². The van der Waals surface area contributed by atoms with Crippen molar-refractivity contribution in [1.29, 1.82) is 0 Å². The van der Waals surface area contributed by atoms with E-state index in [-0.39, 0.29) is 6.61 Å². The molecule has 0 bridgehead atoms. The zero-order chi connectivity index (χ0) is 13.0. The molecule has 0 aromatic carbocycles. The molecule has 1 aliphatic rings. The monoisotopic (exact) mass is 248 g/mol. The molecule has 0 amide bonds. The van der Waals surface area contributed by atoms with Gasteiger partial charge in [0.1, 0.15) is 6.10 Å². The van der Waals surface area contributed by atoms with E-state index in [4.69, 9.17) is 24.1 Å². The van der Waals surface area contributed by atoms with Crippen molar-refractivity contribution in [3.8, 4) is 0 Å². The van der Waals surface area contributed by atoms with Crippen LogP contribution in [-0.2, 0) is 28.5 Å². The first-order chi connectivity index (χ1) is 7.99. The van der Waals surface area contributed by atoms with Crippen LogP contribution in [0, 0.1) is 0 Å². The first-order valence-corrected chi connectivity index (χ1v) is 5.13. The van der Waals surface area contributed by atoms with E-state index >= 15 is 0 Å². The van der Waals surface area contributed by atoms with Gasteiger partial charge < -0.3 is 24.1 Å². The fourth-order valence-electron chi connectivity index (χ4n) is 1.68. The summed E-state index contributed by atoms with van der Waals surface area (Å²) >= 11 is 0. The molecule has 1 N–H and O–H groups in total. The number of esters is 2. The molecule has 1 unspecified atom stereocenters. The van der Waals surface area contributed by atoms with Crippen molar-refractivity contribution in [2.75, 3.05) is 13.7 Å². The SMILES string of the molecule is COC1O[C@H](CO)[C@@H](OC(C)=O)[C@H]1OC(C)=O. The van der Waals surface area contributed by atoms with E-state index in [1.807, 2.05) is 0 Å². The first kappa shape index (κ1) is 13.9. The van der Waals surface area contributed by atoms with Crippen molar-refractivity contribution in [3.63, 3.8) is 0 Å². The average molecular weight is 248 g/mol. The lowest BCUT2D eigenvalue weighted by Gasteiger charge is -2.22. The van der Waals surface area contributed by atoms with Gasteiger partial charge in [-0.1, -0.05) is 0 Å². The highest BCUT2D eigenvalue weighted by Gasteiger charge is 2.49. The Bertz CT molecular complexity index is 262. The van der Waals surface area contributed by atoms with Crippen LogP contribution in [0.25, 0.3) is 0 Å². The highest BCUT2D eigenvalue weighted by atomic mass is 16.7. The van der Waals surface area contributed by atoms with Crippen LogP contribution in [0.15, 0.2) is 0 Å². The van der Waals surface area contributed by atoms with Crippen LogP contribution >= 0.6 is 0 Å². The van der Waals surface area contributed by atoms with Crippen molar-refractivity contribution in [2.45, 2.75) is 38.4 Å². The van der Waals surface area contributed by atoms with Gasteiger partial charge in [-0.25, -0.2) is 0 Å². The van der Waals surface area contributed by atoms with Gasteiger partial charge >= 0.3 is 11.9 Å². The third kappa shape index (κ3) is 3.39. The second-order valence-corrected chi connectivity index (χ2v) is 3.61. The fourth-order valence-corrected chi connectivity index (χ4v) is 1.68. The summed E-state index contributed by atoms with van der Waals surface area (Å²) in [7, 11) is 1.37. The number of carbonyl (C=O) groups is 2. The molecule has 0 saturated carbocycles. The van der Waals surface area contributed by atoms with Crippen LogP contribution in [-0.4, -0.2) is 55.4 Å². The number of hydrogen-bond acceptors (Lipinski definition) is 7. The van der Waals surface area contributed by atoms with Crippen LogP contribution in [0.1, 0.15) is 13.8 Å². The van der Waals surface area contributed by atoms with Gasteiger partial charge in [-0.3, -0.25) is 9.59 Å². The predicted octanol–water partition coefficient (Wildman–Crippen LogP) is -0.787. The molecule has 1 fully saturated rings. The average Bonchev–Trinajstić information content (AvgIpc) is 2.55. The lowest BCUT2D eigenvalue weighted by Crippen LogP contribution is -2.41. The van der Waals surface area contributed by atoms with Crippen LogP contribution in [0.3, 0.4) is 0 Å². The molecule has 7 nitrogen and oxygen atoms in total. The standard InChI is InChI=1S/C10H16O7/c1-5(12)15-8-7(4-11)17-10(14-3)9(8)16-6(2)13/h7-11H,4H2,1-3H3/t7-,8-,9-,10?/m1/s1. The van der Waals surface area contributed by atoms with E-state index in [0.717, 1.165) is 0 Å². The molecule has 7 heteroatoms. The predicted molar refractivity (Wildman–Crippen MR) is 53.9 cm³/mol. The Hall–Kier alpha value is -1.18. The topological polar surface area (TPSA) is 91.3 Å². The summed E-state index contributed by atoms with van der Waals surface area (Å²) in [5.41, 5.74) is 0. The van der Waals surface area contributed by atoms with E-state index < -0.39 is 36.5 Å². The van der Waals surface area contributed by atoms with E-state index in [2.05, 4.69) is 0 Å². The minimum Gasteiger partial charge on any atom is -0.455 e. The number of hydrogen-bond donors (Lipinski definition) is 1. The Balaban J connectivity index is 2.82. The fraction of sp³-hybridized carbons (Fsp3) is 0.800. The molecule has 17 heavy (non-hydrogen) atoms. The van der Waals surface area contributed by atoms with Gasteiger partial charge in [0, 0.05) is 21.0 Å². The normalized spacial score (nSPS) is 32.2. The van der Waals surface area contributed by atoms with Crippen LogP contribution in [0.2, 0.25) is 0 Å². The molecule has 0 aliphatic carbocycles. The summed E-state index contributed by atoms with van der Waals surface area (Å²) in [4.78, 5) is 21.9. The molecule has 1 rings (SSSR count). The first-order valence-electron chi connectivity index (χ1n) is 5.13. The Morgan fingerprint density at radius 3 is 2.12 bits per heavy atom. The van der Waals surface area contributed by atoms with Crippen molar-refractivity contribution in [2.24, 2.45) is 0 Å². The van der Waals surface area contributed by atoms with E-state index in [0.29, 0.717) is 0 Å². The number of carbonyl (C=O) groups excluding carboxylic acids is 2. The summed E-state index contributed by atoms with van der Waals surface area (Å²) in [5, 5.41) is 9.10. The van der Waals surface area contributed by atoms with Gasteiger partial charge in [0.25, 0.3) is 0 Å². The third-order valence-electron chi connectivity index (χ3n) is 2.28. The minimum atomic E-state index is -0.876. The van der Waals surface area contributed by atoms with Gasteiger partial charge in [0.05, 0.1) is 6.61 Å². The Morgan fingerprint density at radius 1 is 1.18 bits per heavy atom. The molecular weight excluding hydrogens is 232 g/mol. The third-order valence-corrected chi connectivity index (χ3v) is 2.28. The maximum absolute atomic E-state index is 11.0. The number of methoxy groups -OCH3 is 1. The summed E-state index contributed by atoms with van der Waals surface area (Å²) in [5.74, 6) is -1.10. The Morgan fingerprint density at radius 2 is 1.71 bits per heavy atom.